The summed E-state index contributed by atoms with van der Waals surface area (Å²) in [6.45, 7) is 0.817. The average molecular weight is 305 g/mol. The van der Waals surface area contributed by atoms with Gasteiger partial charge in [-0.3, -0.25) is 9.89 Å². The molecule has 1 amide bonds. The van der Waals surface area contributed by atoms with Gasteiger partial charge in [0, 0.05) is 18.0 Å². The van der Waals surface area contributed by atoms with Gasteiger partial charge in [-0.1, -0.05) is 48.5 Å². The van der Waals surface area contributed by atoms with E-state index in [-0.39, 0.29) is 11.9 Å². The van der Waals surface area contributed by atoms with Gasteiger partial charge in [0.15, 0.2) is 5.69 Å². The summed E-state index contributed by atoms with van der Waals surface area (Å²) < 4.78 is 0. The van der Waals surface area contributed by atoms with E-state index in [1.54, 1.807) is 0 Å². The van der Waals surface area contributed by atoms with Crippen molar-refractivity contribution in [3.8, 4) is 0 Å². The van der Waals surface area contributed by atoms with Crippen molar-refractivity contribution in [2.75, 3.05) is 6.54 Å². The number of carbonyl (C=O) groups is 1. The van der Waals surface area contributed by atoms with Crippen molar-refractivity contribution in [3.63, 3.8) is 0 Å². The van der Waals surface area contributed by atoms with E-state index in [1.165, 1.54) is 5.56 Å². The smallest absolute Gasteiger partial charge is 0.275 e. The molecular formula is C19H19N3O. The maximum absolute atomic E-state index is 13.0. The zero-order chi connectivity index (χ0) is 15.6. The maximum Gasteiger partial charge on any atom is 0.275 e. The number of fused-ring (bicyclic) bond motifs is 1. The minimum Gasteiger partial charge on any atom is -0.334 e. The topological polar surface area (TPSA) is 49.0 Å². The Kier molecular flexibility index (Phi) is 3.58. The molecule has 0 aliphatic carbocycles. The molecule has 4 rings (SSSR count). The number of aromatic nitrogens is 2. The number of likely N-dealkylation sites (tertiary alicyclic amines) is 1. The molecule has 1 saturated heterocycles. The Labute approximate surface area is 135 Å². The molecule has 0 spiro atoms. The third-order valence-electron chi connectivity index (χ3n) is 4.63. The highest BCUT2D eigenvalue weighted by atomic mass is 16.2. The van der Waals surface area contributed by atoms with Gasteiger partial charge >= 0.3 is 0 Å². The van der Waals surface area contributed by atoms with Crippen LogP contribution in [0.1, 0.15) is 28.9 Å². The van der Waals surface area contributed by atoms with Crippen molar-refractivity contribution in [2.45, 2.75) is 25.3 Å². The SMILES string of the molecule is O=C(c1n[nH]c2ccccc12)N1CCCC1Cc1ccccc1. The van der Waals surface area contributed by atoms with Crippen LogP contribution in [0.5, 0.6) is 0 Å². The summed E-state index contributed by atoms with van der Waals surface area (Å²) in [4.78, 5) is 15.0. The van der Waals surface area contributed by atoms with E-state index in [0.29, 0.717) is 5.69 Å². The van der Waals surface area contributed by atoms with Gasteiger partial charge in [0.25, 0.3) is 5.91 Å². The van der Waals surface area contributed by atoms with Crippen LogP contribution in [0, 0.1) is 0 Å². The number of benzene rings is 2. The molecule has 23 heavy (non-hydrogen) atoms. The fraction of sp³-hybridized carbons (Fsp3) is 0.263. The maximum atomic E-state index is 13.0. The molecule has 0 bridgehead atoms. The predicted molar refractivity (Wildman–Crippen MR) is 90.3 cm³/mol. The third kappa shape index (κ3) is 2.61. The number of nitrogens with zero attached hydrogens (tertiary/aromatic N) is 2. The standard InChI is InChI=1S/C19H19N3O/c23-19(18-16-10-4-5-11-17(16)20-21-18)22-12-6-9-15(22)13-14-7-2-1-3-8-14/h1-5,7-8,10-11,15H,6,9,12-13H2,(H,20,21). The lowest BCUT2D eigenvalue weighted by Crippen LogP contribution is -2.37. The lowest BCUT2D eigenvalue weighted by atomic mass is 10.0. The summed E-state index contributed by atoms with van der Waals surface area (Å²) in [7, 11) is 0. The van der Waals surface area contributed by atoms with Crippen LogP contribution in [-0.4, -0.2) is 33.6 Å². The van der Waals surface area contributed by atoms with Crippen LogP contribution in [0.15, 0.2) is 54.6 Å². The minimum atomic E-state index is 0.0425. The fourth-order valence-electron chi connectivity index (χ4n) is 3.46. The summed E-state index contributed by atoms with van der Waals surface area (Å²) in [6.07, 6.45) is 3.03. The molecule has 0 radical (unpaired) electrons. The van der Waals surface area contributed by atoms with Crippen molar-refractivity contribution in [2.24, 2.45) is 0 Å². The van der Waals surface area contributed by atoms with Crippen molar-refractivity contribution < 1.29 is 4.79 Å². The first-order valence-corrected chi connectivity index (χ1v) is 8.11. The van der Waals surface area contributed by atoms with Crippen LogP contribution in [0.2, 0.25) is 0 Å². The first kappa shape index (κ1) is 14.0. The van der Waals surface area contributed by atoms with E-state index < -0.39 is 0 Å². The van der Waals surface area contributed by atoms with Gasteiger partial charge < -0.3 is 4.90 Å². The van der Waals surface area contributed by atoms with Gasteiger partial charge in [0.05, 0.1) is 5.52 Å². The highest BCUT2D eigenvalue weighted by molar-refractivity contribution is 6.04. The molecule has 0 saturated carbocycles. The van der Waals surface area contributed by atoms with E-state index in [2.05, 4.69) is 34.5 Å². The van der Waals surface area contributed by atoms with Gasteiger partial charge in [-0.25, -0.2) is 0 Å². The number of H-pyrrole nitrogens is 1. The van der Waals surface area contributed by atoms with Gasteiger partial charge in [-0.15, -0.1) is 0 Å². The van der Waals surface area contributed by atoms with Gasteiger partial charge in [-0.2, -0.15) is 5.10 Å². The molecule has 1 unspecified atom stereocenters. The molecule has 4 nitrogen and oxygen atoms in total. The number of rotatable bonds is 3. The molecular weight excluding hydrogens is 286 g/mol. The van der Waals surface area contributed by atoms with Crippen LogP contribution in [0.3, 0.4) is 0 Å². The monoisotopic (exact) mass is 305 g/mol. The quantitative estimate of drug-likeness (QED) is 0.806. The first-order chi connectivity index (χ1) is 11.3. The lowest BCUT2D eigenvalue weighted by Gasteiger charge is -2.24. The van der Waals surface area contributed by atoms with Crippen LogP contribution < -0.4 is 0 Å². The van der Waals surface area contributed by atoms with Crippen LogP contribution in [0.4, 0.5) is 0 Å². The highest BCUT2D eigenvalue weighted by Gasteiger charge is 2.31. The second-order valence-electron chi connectivity index (χ2n) is 6.10. The Morgan fingerprint density at radius 2 is 1.91 bits per heavy atom. The number of hydrogen-bond donors (Lipinski definition) is 1. The van der Waals surface area contributed by atoms with Gasteiger partial charge in [-0.05, 0) is 30.9 Å². The Bertz CT molecular complexity index is 825. The van der Waals surface area contributed by atoms with E-state index in [1.807, 2.05) is 35.2 Å². The molecule has 1 aromatic heterocycles. The number of amides is 1. The van der Waals surface area contributed by atoms with E-state index in [0.717, 1.165) is 36.7 Å². The van der Waals surface area contributed by atoms with Crippen molar-refractivity contribution in [1.29, 1.82) is 0 Å². The molecule has 1 aliphatic heterocycles. The molecule has 4 heteroatoms. The zero-order valence-electron chi connectivity index (χ0n) is 12.9. The summed E-state index contributed by atoms with van der Waals surface area (Å²) >= 11 is 0. The van der Waals surface area contributed by atoms with E-state index >= 15 is 0 Å². The molecule has 1 atom stereocenters. The number of para-hydroxylation sites is 1. The molecule has 2 aromatic carbocycles. The van der Waals surface area contributed by atoms with E-state index in [4.69, 9.17) is 0 Å². The Hall–Kier alpha value is -2.62. The number of hydrogen-bond acceptors (Lipinski definition) is 2. The largest absolute Gasteiger partial charge is 0.334 e. The summed E-state index contributed by atoms with van der Waals surface area (Å²) in [5.74, 6) is 0.0425. The molecule has 1 fully saturated rings. The van der Waals surface area contributed by atoms with Gasteiger partial charge in [0.1, 0.15) is 0 Å². The normalized spacial score (nSPS) is 17.7. The van der Waals surface area contributed by atoms with Crippen molar-refractivity contribution in [1.82, 2.24) is 15.1 Å². The fourth-order valence-corrected chi connectivity index (χ4v) is 3.46. The van der Waals surface area contributed by atoms with Crippen molar-refractivity contribution >= 4 is 16.8 Å². The third-order valence-corrected chi connectivity index (χ3v) is 4.63. The Morgan fingerprint density at radius 1 is 1.13 bits per heavy atom. The zero-order valence-corrected chi connectivity index (χ0v) is 12.9. The van der Waals surface area contributed by atoms with Crippen molar-refractivity contribution in [3.05, 3.63) is 65.9 Å². The summed E-state index contributed by atoms with van der Waals surface area (Å²) in [6, 6.07) is 18.4. The van der Waals surface area contributed by atoms with Crippen LogP contribution in [0.25, 0.3) is 10.9 Å². The van der Waals surface area contributed by atoms with Crippen LogP contribution in [-0.2, 0) is 6.42 Å². The summed E-state index contributed by atoms with van der Waals surface area (Å²) in [5, 5.41) is 8.13. The highest BCUT2D eigenvalue weighted by Crippen LogP contribution is 2.25. The van der Waals surface area contributed by atoms with Gasteiger partial charge in [0.2, 0.25) is 0 Å². The number of carbonyl (C=O) groups excluding carboxylic acids is 1. The molecule has 1 N–H and O–H groups in total. The first-order valence-electron chi connectivity index (χ1n) is 8.11. The second-order valence-corrected chi connectivity index (χ2v) is 6.10. The molecule has 1 aliphatic rings. The average Bonchev–Trinajstić information content (AvgIpc) is 3.22. The molecule has 2 heterocycles. The predicted octanol–water partition coefficient (Wildman–Crippen LogP) is 3.41. The number of aromatic amines is 1. The molecule has 3 aromatic rings. The second kappa shape index (κ2) is 5.88. The van der Waals surface area contributed by atoms with Crippen LogP contribution >= 0.6 is 0 Å². The minimum absolute atomic E-state index is 0.0425. The lowest BCUT2D eigenvalue weighted by molar-refractivity contribution is 0.0732. The Morgan fingerprint density at radius 3 is 2.78 bits per heavy atom. The number of nitrogens with one attached hydrogen (secondary N) is 1. The Balaban J connectivity index is 1.60. The summed E-state index contributed by atoms with van der Waals surface area (Å²) in [5.41, 5.74) is 2.74. The molecule has 116 valence electrons. The van der Waals surface area contributed by atoms with E-state index in [9.17, 15) is 4.79 Å².